The van der Waals surface area contributed by atoms with E-state index in [0.29, 0.717) is 55.9 Å². The molecule has 3 aliphatic carbocycles. The van der Waals surface area contributed by atoms with Gasteiger partial charge in [-0.3, -0.25) is 4.79 Å². The van der Waals surface area contributed by atoms with Gasteiger partial charge in [0.2, 0.25) is 5.91 Å². The number of ether oxygens (including phenoxy) is 1. The van der Waals surface area contributed by atoms with Crippen LogP contribution in [0.15, 0.2) is 29.8 Å². The Hall–Kier alpha value is -1.95. The molecule has 1 saturated heterocycles. The summed E-state index contributed by atoms with van der Waals surface area (Å²) in [6, 6.07) is 5.70. The number of benzene rings is 1. The van der Waals surface area contributed by atoms with E-state index in [-0.39, 0.29) is 17.7 Å². The molecular weight excluding hydrogens is 424 g/mol. The molecule has 2 fully saturated rings. The van der Waals surface area contributed by atoms with Gasteiger partial charge < -0.3 is 14.7 Å². The summed E-state index contributed by atoms with van der Waals surface area (Å²) in [5, 5.41) is 9.92. The standard InChI is InChI=1S/C27H35F2NO3/c1-27-10-9-21-20-8-6-19(31)15-17(20)5-7-22(21)25(27)18(16-23(27)26(28)29)3-2-4-24(32)30-11-13-33-14-12-30/h6,8,15-16,18,21-22,25-26,31H,2-5,7,9-14H2,1H3. The first kappa shape index (κ1) is 22.8. The number of phenolic OH excluding ortho intramolecular Hbond substituents is 1. The number of alkyl halides is 2. The predicted octanol–water partition coefficient (Wildman–Crippen LogP) is 5.30. The SMILES string of the molecule is CC12CCC3c4ccc(O)cc4CCC3C1C(CCCC(=O)N1CCOCC1)C=C2C(F)F. The molecule has 5 rings (SSSR count). The van der Waals surface area contributed by atoms with E-state index < -0.39 is 11.8 Å². The van der Waals surface area contributed by atoms with Crippen LogP contribution < -0.4 is 0 Å². The molecule has 1 aromatic carbocycles. The number of rotatable bonds is 5. The summed E-state index contributed by atoms with van der Waals surface area (Å²) in [4.78, 5) is 14.5. The first-order chi connectivity index (χ1) is 15.9. The Morgan fingerprint density at radius 2 is 2.06 bits per heavy atom. The second kappa shape index (κ2) is 9.01. The lowest BCUT2D eigenvalue weighted by molar-refractivity contribution is -0.135. The lowest BCUT2D eigenvalue weighted by Gasteiger charge is -2.52. The second-order valence-corrected chi connectivity index (χ2v) is 10.6. The van der Waals surface area contributed by atoms with Crippen molar-refractivity contribution in [2.24, 2.45) is 23.2 Å². The summed E-state index contributed by atoms with van der Waals surface area (Å²) in [5.74, 6) is 1.50. The van der Waals surface area contributed by atoms with Gasteiger partial charge in [0.05, 0.1) is 13.2 Å². The maximum absolute atomic E-state index is 14.2. The Bertz CT molecular complexity index is 926. The number of aromatic hydroxyl groups is 1. The van der Waals surface area contributed by atoms with Crippen molar-refractivity contribution in [1.82, 2.24) is 4.90 Å². The molecule has 1 heterocycles. The summed E-state index contributed by atoms with van der Waals surface area (Å²) in [6.07, 6.45) is 5.05. The van der Waals surface area contributed by atoms with Crippen LogP contribution in [0, 0.1) is 23.2 Å². The van der Waals surface area contributed by atoms with Crippen LogP contribution in [0.25, 0.3) is 0 Å². The number of nitrogens with zero attached hydrogens (tertiary/aromatic N) is 1. The number of carbonyl (C=O) groups is 1. The van der Waals surface area contributed by atoms with Crippen LogP contribution in [0.3, 0.4) is 0 Å². The van der Waals surface area contributed by atoms with E-state index in [2.05, 4.69) is 13.0 Å². The quantitative estimate of drug-likeness (QED) is 0.608. The van der Waals surface area contributed by atoms with Crippen molar-refractivity contribution in [1.29, 1.82) is 0 Å². The van der Waals surface area contributed by atoms with Crippen LogP contribution in [0.4, 0.5) is 8.78 Å². The number of hydrogen-bond acceptors (Lipinski definition) is 3. The highest BCUT2D eigenvalue weighted by Crippen LogP contribution is 2.64. The normalized spacial score (nSPS) is 33.3. The van der Waals surface area contributed by atoms with Crippen molar-refractivity contribution in [3.05, 3.63) is 41.0 Å². The molecule has 6 heteroatoms. The zero-order chi connectivity index (χ0) is 23.2. The highest BCUT2D eigenvalue weighted by Gasteiger charge is 2.56. The fourth-order valence-corrected chi connectivity index (χ4v) is 7.51. The van der Waals surface area contributed by atoms with Crippen LogP contribution in [-0.4, -0.2) is 48.6 Å². The van der Waals surface area contributed by atoms with Gasteiger partial charge in [0, 0.05) is 19.5 Å². The van der Waals surface area contributed by atoms with Crippen LogP contribution in [0.1, 0.15) is 62.5 Å². The molecule has 0 aromatic heterocycles. The fraction of sp³-hybridized carbons (Fsp3) is 0.667. The van der Waals surface area contributed by atoms with Crippen LogP contribution in [0.2, 0.25) is 0 Å². The summed E-state index contributed by atoms with van der Waals surface area (Å²) in [5.41, 5.74) is 2.40. The molecule has 0 bridgehead atoms. The Morgan fingerprint density at radius 3 is 2.82 bits per heavy atom. The van der Waals surface area contributed by atoms with Crippen molar-refractivity contribution in [2.75, 3.05) is 26.3 Å². The first-order valence-corrected chi connectivity index (χ1v) is 12.6. The molecule has 4 nitrogen and oxygen atoms in total. The van der Waals surface area contributed by atoms with E-state index >= 15 is 0 Å². The number of amides is 1. The highest BCUT2D eigenvalue weighted by atomic mass is 19.3. The lowest BCUT2D eigenvalue weighted by Crippen LogP contribution is -2.44. The number of carbonyl (C=O) groups excluding carboxylic acids is 1. The summed E-state index contributed by atoms with van der Waals surface area (Å²) >= 11 is 0. The van der Waals surface area contributed by atoms with Gasteiger partial charge in [-0.25, -0.2) is 8.78 Å². The number of fused-ring (bicyclic) bond motifs is 5. The largest absolute Gasteiger partial charge is 0.508 e. The minimum absolute atomic E-state index is 0.1000. The van der Waals surface area contributed by atoms with E-state index in [1.54, 1.807) is 6.07 Å². The highest BCUT2D eigenvalue weighted by molar-refractivity contribution is 5.76. The van der Waals surface area contributed by atoms with Gasteiger partial charge in [0.1, 0.15) is 5.75 Å². The Kier molecular flexibility index (Phi) is 6.23. The maximum atomic E-state index is 14.2. The number of hydrogen-bond donors (Lipinski definition) is 1. The number of morpholine rings is 1. The molecule has 0 radical (unpaired) electrons. The van der Waals surface area contributed by atoms with Gasteiger partial charge in [-0.05, 0) is 96.4 Å². The molecule has 33 heavy (non-hydrogen) atoms. The van der Waals surface area contributed by atoms with E-state index in [0.717, 1.165) is 38.5 Å². The average Bonchev–Trinajstić information content (AvgIpc) is 3.12. The van der Waals surface area contributed by atoms with Crippen LogP contribution >= 0.6 is 0 Å². The monoisotopic (exact) mass is 459 g/mol. The van der Waals surface area contributed by atoms with Gasteiger partial charge in [-0.15, -0.1) is 0 Å². The molecule has 5 unspecified atom stereocenters. The van der Waals surface area contributed by atoms with Gasteiger partial charge in [-0.1, -0.05) is 19.1 Å². The van der Waals surface area contributed by atoms with Crippen molar-refractivity contribution < 1.29 is 23.4 Å². The molecule has 4 aliphatic rings. The number of allylic oxidation sites excluding steroid dienone is 2. The molecule has 1 N–H and O–H groups in total. The number of phenols is 1. The zero-order valence-electron chi connectivity index (χ0n) is 19.4. The van der Waals surface area contributed by atoms with Crippen molar-refractivity contribution in [3.8, 4) is 5.75 Å². The molecule has 0 spiro atoms. The van der Waals surface area contributed by atoms with E-state index in [4.69, 9.17) is 4.74 Å². The van der Waals surface area contributed by atoms with Gasteiger partial charge in [-0.2, -0.15) is 0 Å². The van der Waals surface area contributed by atoms with Gasteiger partial charge in [0.25, 0.3) is 6.43 Å². The maximum Gasteiger partial charge on any atom is 0.260 e. The predicted molar refractivity (Wildman–Crippen MR) is 122 cm³/mol. The molecule has 1 amide bonds. The fourth-order valence-electron chi connectivity index (χ4n) is 7.51. The smallest absolute Gasteiger partial charge is 0.260 e. The van der Waals surface area contributed by atoms with Crippen LogP contribution in [0.5, 0.6) is 5.75 Å². The third kappa shape index (κ3) is 4.09. The van der Waals surface area contributed by atoms with Crippen molar-refractivity contribution >= 4 is 5.91 Å². The average molecular weight is 460 g/mol. The Balaban J connectivity index is 1.34. The molecule has 180 valence electrons. The first-order valence-electron chi connectivity index (χ1n) is 12.6. The number of halogens is 2. The van der Waals surface area contributed by atoms with Crippen molar-refractivity contribution in [2.45, 2.75) is 64.2 Å². The Labute approximate surface area is 195 Å². The minimum Gasteiger partial charge on any atom is -0.508 e. The summed E-state index contributed by atoms with van der Waals surface area (Å²) < 4.78 is 33.7. The molecule has 1 aliphatic heterocycles. The minimum atomic E-state index is -2.41. The second-order valence-electron chi connectivity index (χ2n) is 10.6. The summed E-state index contributed by atoms with van der Waals surface area (Å²) in [6.45, 7) is 4.56. The molecular formula is C27H35F2NO3. The summed E-state index contributed by atoms with van der Waals surface area (Å²) in [7, 11) is 0. The van der Waals surface area contributed by atoms with E-state index in [9.17, 15) is 18.7 Å². The van der Waals surface area contributed by atoms with Gasteiger partial charge >= 0.3 is 0 Å². The van der Waals surface area contributed by atoms with Crippen LogP contribution in [-0.2, 0) is 16.0 Å². The molecule has 1 aromatic rings. The van der Waals surface area contributed by atoms with E-state index in [1.165, 1.54) is 11.1 Å². The van der Waals surface area contributed by atoms with Gasteiger partial charge in [0.15, 0.2) is 0 Å². The van der Waals surface area contributed by atoms with E-state index in [1.807, 2.05) is 17.0 Å². The third-order valence-electron chi connectivity index (χ3n) is 9.00. The third-order valence-corrected chi connectivity index (χ3v) is 9.00. The number of aryl methyl sites for hydroxylation is 1. The molecule has 5 atom stereocenters. The lowest BCUT2D eigenvalue weighted by atomic mass is 9.52. The molecule has 1 saturated carbocycles. The topological polar surface area (TPSA) is 49.8 Å². The zero-order valence-corrected chi connectivity index (χ0v) is 19.4. The van der Waals surface area contributed by atoms with Crippen molar-refractivity contribution in [3.63, 3.8) is 0 Å². The Morgan fingerprint density at radius 1 is 1.27 bits per heavy atom.